The minimum Gasteiger partial charge on any atom is -0.372 e. The maximum atomic E-state index is 12.6. The average molecular weight is 321 g/mol. The Kier molecular flexibility index (Phi) is 4.88. The highest BCUT2D eigenvalue weighted by Crippen LogP contribution is 2.21. The van der Waals surface area contributed by atoms with Gasteiger partial charge in [-0.3, -0.25) is 9.78 Å². The van der Waals surface area contributed by atoms with Gasteiger partial charge in [-0.15, -0.1) is 0 Å². The predicted molar refractivity (Wildman–Crippen MR) is 89.7 cm³/mol. The Bertz CT molecular complexity index is 524. The smallest absolute Gasteiger partial charge is 0.272 e. The Labute approximate surface area is 136 Å². The summed E-state index contributed by atoms with van der Waals surface area (Å²) in [6.45, 7) is 7.51. The molecule has 2 aliphatic heterocycles. The van der Waals surface area contributed by atoms with Crippen molar-refractivity contribution >= 4 is 23.4 Å². The van der Waals surface area contributed by atoms with Crippen molar-refractivity contribution in [2.75, 3.05) is 42.6 Å². The molecule has 0 aromatic carbocycles. The predicted octanol–water partition coefficient (Wildman–Crippen LogP) is 1.88. The van der Waals surface area contributed by atoms with E-state index in [4.69, 9.17) is 4.74 Å². The van der Waals surface area contributed by atoms with Gasteiger partial charge in [-0.2, -0.15) is 11.8 Å². The summed E-state index contributed by atoms with van der Waals surface area (Å²) in [4.78, 5) is 21.1. The summed E-state index contributed by atoms with van der Waals surface area (Å²) in [5.74, 6) is 2.09. The fourth-order valence-electron chi connectivity index (χ4n) is 3.05. The van der Waals surface area contributed by atoms with Gasteiger partial charge in [0.1, 0.15) is 5.69 Å². The summed E-state index contributed by atoms with van der Waals surface area (Å²) in [5, 5.41) is 0. The number of ether oxygens (including phenoxy) is 1. The first-order valence-electron chi connectivity index (χ1n) is 7.87. The van der Waals surface area contributed by atoms with E-state index >= 15 is 0 Å². The Hall–Kier alpha value is -1.27. The van der Waals surface area contributed by atoms with Gasteiger partial charge in [0, 0.05) is 49.6 Å². The number of nitrogens with zero attached hydrogens (tertiary/aromatic N) is 3. The van der Waals surface area contributed by atoms with Crippen molar-refractivity contribution in [2.45, 2.75) is 26.1 Å². The molecule has 5 nitrogen and oxygen atoms in total. The monoisotopic (exact) mass is 321 g/mol. The number of morpholine rings is 1. The standard InChI is InChI=1S/C16H23N3O2S/c1-12-10-19(11-13(2)21-12)14-3-4-17-15(9-14)16(20)18-5-7-22-8-6-18/h3-4,9,12-13H,5-8,10-11H2,1-2H3/t12-,13+. The molecule has 0 N–H and O–H groups in total. The van der Waals surface area contributed by atoms with Crippen LogP contribution in [0.1, 0.15) is 24.3 Å². The molecule has 1 amide bonds. The molecule has 1 aromatic rings. The maximum Gasteiger partial charge on any atom is 0.272 e. The molecule has 6 heteroatoms. The number of carbonyl (C=O) groups excluding carboxylic acids is 1. The van der Waals surface area contributed by atoms with Crippen molar-refractivity contribution in [3.63, 3.8) is 0 Å². The third-order valence-corrected chi connectivity index (χ3v) is 4.99. The van der Waals surface area contributed by atoms with E-state index < -0.39 is 0 Å². The second kappa shape index (κ2) is 6.87. The van der Waals surface area contributed by atoms with E-state index in [1.165, 1.54) is 0 Å². The zero-order chi connectivity index (χ0) is 15.5. The SMILES string of the molecule is C[C@@H]1CN(c2ccnc(C(=O)N3CCSCC3)c2)C[C@H](C)O1. The van der Waals surface area contributed by atoms with E-state index in [1.54, 1.807) is 6.20 Å². The molecule has 3 heterocycles. The van der Waals surface area contributed by atoms with Gasteiger partial charge >= 0.3 is 0 Å². The molecule has 0 spiro atoms. The van der Waals surface area contributed by atoms with Crippen LogP contribution in [0.2, 0.25) is 0 Å². The largest absolute Gasteiger partial charge is 0.372 e. The van der Waals surface area contributed by atoms with Gasteiger partial charge in [0.05, 0.1) is 12.2 Å². The van der Waals surface area contributed by atoms with Crippen molar-refractivity contribution in [1.82, 2.24) is 9.88 Å². The average Bonchev–Trinajstić information content (AvgIpc) is 2.54. The molecule has 2 aliphatic rings. The zero-order valence-electron chi connectivity index (χ0n) is 13.2. The fraction of sp³-hybridized carbons (Fsp3) is 0.625. The van der Waals surface area contributed by atoms with Gasteiger partial charge in [0.15, 0.2) is 0 Å². The lowest BCUT2D eigenvalue weighted by atomic mass is 10.2. The van der Waals surface area contributed by atoms with Gasteiger partial charge < -0.3 is 14.5 Å². The number of hydrogen-bond acceptors (Lipinski definition) is 5. The first-order valence-corrected chi connectivity index (χ1v) is 9.02. The van der Waals surface area contributed by atoms with Crippen LogP contribution in [0.25, 0.3) is 0 Å². The third-order valence-electron chi connectivity index (χ3n) is 4.05. The molecule has 1 aromatic heterocycles. The van der Waals surface area contributed by atoms with E-state index in [9.17, 15) is 4.79 Å². The molecule has 22 heavy (non-hydrogen) atoms. The fourth-order valence-corrected chi connectivity index (χ4v) is 3.95. The van der Waals surface area contributed by atoms with Gasteiger partial charge in [-0.25, -0.2) is 0 Å². The molecule has 120 valence electrons. The maximum absolute atomic E-state index is 12.6. The van der Waals surface area contributed by atoms with Crippen LogP contribution in [0.4, 0.5) is 5.69 Å². The zero-order valence-corrected chi connectivity index (χ0v) is 14.0. The Balaban J connectivity index is 1.75. The molecular weight excluding hydrogens is 298 g/mol. The number of carbonyl (C=O) groups is 1. The second-order valence-electron chi connectivity index (χ2n) is 5.97. The normalized spacial score (nSPS) is 26.1. The second-order valence-corrected chi connectivity index (χ2v) is 7.19. The summed E-state index contributed by atoms with van der Waals surface area (Å²) in [5.41, 5.74) is 1.61. The van der Waals surface area contributed by atoms with Crippen molar-refractivity contribution in [2.24, 2.45) is 0 Å². The van der Waals surface area contributed by atoms with Crippen molar-refractivity contribution in [3.05, 3.63) is 24.0 Å². The van der Waals surface area contributed by atoms with Crippen molar-refractivity contribution in [3.8, 4) is 0 Å². The molecule has 0 bridgehead atoms. The third kappa shape index (κ3) is 3.55. The van der Waals surface area contributed by atoms with E-state index in [0.29, 0.717) is 5.69 Å². The van der Waals surface area contributed by atoms with Gasteiger partial charge in [0.25, 0.3) is 5.91 Å². The summed E-state index contributed by atoms with van der Waals surface area (Å²) in [6.07, 6.45) is 2.15. The first kappa shape index (κ1) is 15.6. The van der Waals surface area contributed by atoms with Crippen LogP contribution in [0, 0.1) is 0 Å². The summed E-state index contributed by atoms with van der Waals surface area (Å²) in [7, 11) is 0. The Morgan fingerprint density at radius 3 is 2.64 bits per heavy atom. The van der Waals surface area contributed by atoms with E-state index in [0.717, 1.165) is 43.4 Å². The molecule has 2 saturated heterocycles. The van der Waals surface area contributed by atoms with Crippen LogP contribution >= 0.6 is 11.8 Å². The highest BCUT2D eigenvalue weighted by molar-refractivity contribution is 7.99. The quantitative estimate of drug-likeness (QED) is 0.832. The van der Waals surface area contributed by atoms with Gasteiger partial charge in [0.2, 0.25) is 0 Å². The Morgan fingerprint density at radius 2 is 1.95 bits per heavy atom. The lowest BCUT2D eigenvalue weighted by Crippen LogP contribution is -2.45. The molecule has 0 saturated carbocycles. The topological polar surface area (TPSA) is 45.7 Å². The highest BCUT2D eigenvalue weighted by Gasteiger charge is 2.24. The first-order chi connectivity index (χ1) is 10.6. The Morgan fingerprint density at radius 1 is 1.27 bits per heavy atom. The van der Waals surface area contributed by atoms with E-state index in [2.05, 4.69) is 23.7 Å². The molecule has 0 unspecified atom stereocenters. The number of amides is 1. The minimum absolute atomic E-state index is 0.0523. The van der Waals surface area contributed by atoms with Crippen LogP contribution in [0.3, 0.4) is 0 Å². The van der Waals surface area contributed by atoms with Crippen LogP contribution in [0.5, 0.6) is 0 Å². The lowest BCUT2D eigenvalue weighted by Gasteiger charge is -2.37. The summed E-state index contributed by atoms with van der Waals surface area (Å²) < 4.78 is 5.78. The number of thioether (sulfide) groups is 1. The van der Waals surface area contributed by atoms with Crippen LogP contribution in [-0.4, -0.2) is 65.7 Å². The van der Waals surface area contributed by atoms with Crippen LogP contribution in [0.15, 0.2) is 18.3 Å². The van der Waals surface area contributed by atoms with Crippen LogP contribution in [-0.2, 0) is 4.74 Å². The highest BCUT2D eigenvalue weighted by atomic mass is 32.2. The number of rotatable bonds is 2. The molecule has 2 fully saturated rings. The summed E-state index contributed by atoms with van der Waals surface area (Å²) >= 11 is 1.90. The molecule has 3 rings (SSSR count). The number of aromatic nitrogens is 1. The molecule has 2 atom stereocenters. The lowest BCUT2D eigenvalue weighted by molar-refractivity contribution is -0.00522. The molecule has 0 aliphatic carbocycles. The minimum atomic E-state index is 0.0523. The van der Waals surface area contributed by atoms with Crippen LogP contribution < -0.4 is 4.90 Å². The van der Waals surface area contributed by atoms with Gasteiger partial charge in [-0.1, -0.05) is 0 Å². The molecular formula is C16H23N3O2S. The van der Waals surface area contributed by atoms with Crippen molar-refractivity contribution in [1.29, 1.82) is 0 Å². The number of hydrogen-bond donors (Lipinski definition) is 0. The number of anilines is 1. The van der Waals surface area contributed by atoms with Gasteiger partial charge in [-0.05, 0) is 26.0 Å². The molecule has 0 radical (unpaired) electrons. The van der Waals surface area contributed by atoms with E-state index in [-0.39, 0.29) is 18.1 Å². The number of pyridine rings is 1. The van der Waals surface area contributed by atoms with E-state index in [1.807, 2.05) is 28.8 Å². The summed E-state index contributed by atoms with van der Waals surface area (Å²) in [6, 6.07) is 3.91. The van der Waals surface area contributed by atoms with Crippen molar-refractivity contribution < 1.29 is 9.53 Å².